The lowest BCUT2D eigenvalue weighted by Gasteiger charge is -2.36. The maximum Gasteiger partial charge on any atom is 0.255 e. The summed E-state index contributed by atoms with van der Waals surface area (Å²) >= 11 is 0. The number of para-hydroxylation sites is 1. The third kappa shape index (κ3) is 10.9. The molecule has 5 amide bonds. The first kappa shape index (κ1) is 38.9. The van der Waals surface area contributed by atoms with Crippen LogP contribution in [0.5, 0.6) is 5.75 Å². The number of nitrogens with one attached hydrogen (secondary N) is 4. The molecule has 0 saturated carbocycles. The highest BCUT2D eigenvalue weighted by Gasteiger charge is 2.34. The zero-order valence-electron chi connectivity index (χ0n) is 30.1. The average molecular weight is 728 g/mol. The second-order valence-corrected chi connectivity index (χ2v) is 13.5. The first-order valence-corrected chi connectivity index (χ1v) is 18.2. The Morgan fingerprint density at radius 3 is 2.34 bits per heavy atom. The number of fused-ring (bicyclic) bond motifs is 1. The van der Waals surface area contributed by atoms with Crippen molar-refractivity contribution in [2.24, 2.45) is 0 Å². The van der Waals surface area contributed by atoms with E-state index in [9.17, 15) is 29.1 Å². The quantitative estimate of drug-likeness (QED) is 0.200. The van der Waals surface area contributed by atoms with Crippen LogP contribution in [0.4, 0.5) is 0 Å². The lowest BCUT2D eigenvalue weighted by molar-refractivity contribution is -0.137. The number of nitrogens with zero attached hydrogens (tertiary/aromatic N) is 1. The molecule has 0 radical (unpaired) electrons. The van der Waals surface area contributed by atoms with Gasteiger partial charge in [0.1, 0.15) is 24.4 Å². The summed E-state index contributed by atoms with van der Waals surface area (Å²) in [6.07, 6.45) is 2.45. The van der Waals surface area contributed by atoms with Crippen LogP contribution in [-0.2, 0) is 32.1 Å². The van der Waals surface area contributed by atoms with Gasteiger partial charge in [0.05, 0.1) is 30.7 Å². The third-order valence-electron chi connectivity index (χ3n) is 9.59. The number of ether oxygens (including phenoxy) is 2. The molecule has 0 aliphatic carbocycles. The summed E-state index contributed by atoms with van der Waals surface area (Å²) in [5, 5.41) is 21.3. The summed E-state index contributed by atoms with van der Waals surface area (Å²) in [6.45, 7) is 3.64. The fourth-order valence-electron chi connectivity index (χ4n) is 6.37. The molecular formula is C40H49N5O8. The second-order valence-electron chi connectivity index (χ2n) is 13.5. The number of carbonyl (C=O) groups is 5. The molecule has 2 atom stereocenters. The van der Waals surface area contributed by atoms with Crippen LogP contribution in [0.15, 0.2) is 78.9 Å². The number of hydrogen-bond acceptors (Lipinski definition) is 8. The van der Waals surface area contributed by atoms with Crippen LogP contribution < -0.4 is 26.0 Å². The van der Waals surface area contributed by atoms with Crippen molar-refractivity contribution in [1.82, 2.24) is 26.2 Å². The molecule has 5 rings (SSSR count). The molecule has 3 aromatic rings. The molecule has 53 heavy (non-hydrogen) atoms. The molecule has 2 aliphatic heterocycles. The first-order valence-electron chi connectivity index (χ1n) is 18.2. The van der Waals surface area contributed by atoms with Gasteiger partial charge in [0.25, 0.3) is 11.8 Å². The SMILES string of the molecule is CCCCN1CCOc2ccccc2C(=O)N[C@H](C(=O)NCc2ccc(C(=O)NC3(CO)CCOCC3)cc2)CC(=O)N[C@@H](Cc2ccccc2)C1=O. The van der Waals surface area contributed by atoms with Crippen molar-refractivity contribution in [2.45, 2.75) is 69.6 Å². The number of hydrogen-bond donors (Lipinski definition) is 5. The van der Waals surface area contributed by atoms with Gasteiger partial charge in [0.15, 0.2) is 0 Å². The number of unbranched alkanes of at least 4 members (excludes halogenated alkanes) is 1. The van der Waals surface area contributed by atoms with Crippen LogP contribution in [0.25, 0.3) is 0 Å². The lowest BCUT2D eigenvalue weighted by atomic mass is 9.90. The van der Waals surface area contributed by atoms with Crippen LogP contribution in [0, 0.1) is 0 Å². The summed E-state index contributed by atoms with van der Waals surface area (Å²) in [5.74, 6) is -2.07. The smallest absolute Gasteiger partial charge is 0.255 e. The Kier molecular flexibility index (Phi) is 14.0. The summed E-state index contributed by atoms with van der Waals surface area (Å²) in [4.78, 5) is 69.6. The predicted octanol–water partition coefficient (Wildman–Crippen LogP) is 2.51. The fourth-order valence-corrected chi connectivity index (χ4v) is 6.37. The van der Waals surface area contributed by atoms with Gasteiger partial charge in [-0.3, -0.25) is 24.0 Å². The van der Waals surface area contributed by atoms with E-state index in [1.807, 2.05) is 37.3 Å². The molecule has 13 heteroatoms. The number of amides is 5. The monoisotopic (exact) mass is 727 g/mol. The van der Waals surface area contributed by atoms with Gasteiger partial charge in [-0.05, 0) is 54.7 Å². The molecule has 282 valence electrons. The maximum atomic E-state index is 14.0. The molecule has 13 nitrogen and oxygen atoms in total. The Morgan fingerprint density at radius 1 is 0.906 bits per heavy atom. The first-order chi connectivity index (χ1) is 25.7. The van der Waals surface area contributed by atoms with Crippen molar-refractivity contribution in [3.05, 3.63) is 101 Å². The Hall–Kier alpha value is -5.27. The number of rotatable bonds is 11. The summed E-state index contributed by atoms with van der Waals surface area (Å²) in [5.41, 5.74) is 1.38. The van der Waals surface area contributed by atoms with Crippen molar-refractivity contribution in [3.63, 3.8) is 0 Å². The topological polar surface area (TPSA) is 175 Å². The highest BCUT2D eigenvalue weighted by molar-refractivity contribution is 6.01. The van der Waals surface area contributed by atoms with E-state index in [4.69, 9.17) is 9.47 Å². The van der Waals surface area contributed by atoms with Gasteiger partial charge in [-0.2, -0.15) is 0 Å². The van der Waals surface area contributed by atoms with Gasteiger partial charge in [-0.1, -0.05) is 67.9 Å². The minimum Gasteiger partial charge on any atom is -0.491 e. The van der Waals surface area contributed by atoms with Crippen molar-refractivity contribution in [2.75, 3.05) is 39.5 Å². The molecule has 5 N–H and O–H groups in total. The van der Waals surface area contributed by atoms with Crippen LogP contribution >= 0.6 is 0 Å². The summed E-state index contributed by atoms with van der Waals surface area (Å²) in [6, 6.07) is 20.4. The number of aliphatic hydroxyl groups excluding tert-OH is 1. The van der Waals surface area contributed by atoms with Gasteiger partial charge in [0, 0.05) is 38.3 Å². The number of aliphatic hydroxyl groups is 1. The standard InChI is InChI=1S/C40H49N5O8/c1-2-3-19-45-20-23-53-34-12-8-7-11-31(34)37(49)43-32(25-35(47)42-33(39(45)51)24-28-9-5-4-6-10-28)38(50)41-26-29-13-15-30(16-14-29)36(48)44-40(27-46)17-21-52-22-18-40/h4-16,32-33,46H,2-3,17-27H2,1H3,(H,41,50)(H,42,47)(H,43,49)(H,44,48)/t32-,33-/m0/s1. The molecule has 0 spiro atoms. The lowest BCUT2D eigenvalue weighted by Crippen LogP contribution is -2.54. The molecule has 0 aromatic heterocycles. The fraction of sp³-hybridized carbons (Fsp3) is 0.425. The number of carbonyl (C=O) groups excluding carboxylic acids is 5. The van der Waals surface area contributed by atoms with E-state index in [0.29, 0.717) is 49.5 Å². The van der Waals surface area contributed by atoms with E-state index < -0.39 is 41.8 Å². The van der Waals surface area contributed by atoms with Crippen molar-refractivity contribution < 1.29 is 38.6 Å². The van der Waals surface area contributed by atoms with E-state index in [0.717, 1.165) is 18.4 Å². The van der Waals surface area contributed by atoms with Crippen molar-refractivity contribution in [3.8, 4) is 5.75 Å². The van der Waals surface area contributed by atoms with Gasteiger partial charge in [-0.25, -0.2) is 0 Å². The molecule has 0 unspecified atom stereocenters. The molecule has 1 fully saturated rings. The van der Waals surface area contributed by atoms with E-state index in [-0.39, 0.29) is 50.1 Å². The zero-order chi connectivity index (χ0) is 37.6. The van der Waals surface area contributed by atoms with Crippen LogP contribution in [-0.4, -0.2) is 96.7 Å². The summed E-state index contributed by atoms with van der Waals surface area (Å²) in [7, 11) is 0. The maximum absolute atomic E-state index is 14.0. The molecule has 1 saturated heterocycles. The van der Waals surface area contributed by atoms with E-state index in [2.05, 4.69) is 21.3 Å². The third-order valence-corrected chi connectivity index (χ3v) is 9.59. The molecule has 2 aliphatic rings. The Bertz CT molecular complexity index is 1710. The Balaban J connectivity index is 1.32. The largest absolute Gasteiger partial charge is 0.491 e. The molecular weight excluding hydrogens is 678 g/mol. The number of benzene rings is 3. The Labute approximate surface area is 309 Å². The second kappa shape index (κ2) is 19.0. The van der Waals surface area contributed by atoms with Crippen LogP contribution in [0.2, 0.25) is 0 Å². The highest BCUT2D eigenvalue weighted by atomic mass is 16.5. The Morgan fingerprint density at radius 2 is 1.62 bits per heavy atom. The van der Waals surface area contributed by atoms with E-state index in [1.54, 1.807) is 53.4 Å². The highest BCUT2D eigenvalue weighted by Crippen LogP contribution is 2.22. The van der Waals surface area contributed by atoms with Gasteiger partial charge < -0.3 is 40.7 Å². The predicted molar refractivity (Wildman–Crippen MR) is 197 cm³/mol. The van der Waals surface area contributed by atoms with E-state index >= 15 is 0 Å². The normalized spacial score (nSPS) is 19.4. The summed E-state index contributed by atoms with van der Waals surface area (Å²) < 4.78 is 11.4. The zero-order valence-corrected chi connectivity index (χ0v) is 30.1. The molecule has 3 aromatic carbocycles. The van der Waals surface area contributed by atoms with Gasteiger partial charge >= 0.3 is 0 Å². The van der Waals surface area contributed by atoms with Gasteiger partial charge in [0.2, 0.25) is 17.7 Å². The van der Waals surface area contributed by atoms with Crippen molar-refractivity contribution >= 4 is 29.5 Å². The van der Waals surface area contributed by atoms with Crippen molar-refractivity contribution in [1.29, 1.82) is 0 Å². The molecule has 2 heterocycles. The van der Waals surface area contributed by atoms with E-state index in [1.165, 1.54) is 0 Å². The minimum absolute atomic E-state index is 0.0494. The molecule has 0 bridgehead atoms. The van der Waals surface area contributed by atoms with Crippen LogP contribution in [0.3, 0.4) is 0 Å². The average Bonchev–Trinajstić information content (AvgIpc) is 3.18. The van der Waals surface area contributed by atoms with Crippen LogP contribution in [0.1, 0.15) is 70.9 Å². The minimum atomic E-state index is -1.29. The van der Waals surface area contributed by atoms with Gasteiger partial charge in [-0.15, -0.1) is 0 Å².